The summed E-state index contributed by atoms with van der Waals surface area (Å²) in [6.45, 7) is 23.0. The number of rotatable bonds is 14. The van der Waals surface area contributed by atoms with Gasteiger partial charge < -0.3 is 49.9 Å². The van der Waals surface area contributed by atoms with E-state index < -0.39 is 93.9 Å². The molecule has 378 valence electrons. The average Bonchev–Trinajstić information content (AvgIpc) is 3.13. The molecule has 0 fully saturated rings. The van der Waals surface area contributed by atoms with Crippen LogP contribution in [0.25, 0.3) is 0 Å². The third kappa shape index (κ3) is 24.6. The maximum Gasteiger partial charge on any atom is 0.437 e. The van der Waals surface area contributed by atoms with E-state index in [0.29, 0.717) is 16.7 Å². The average molecular weight is 973 g/mol. The van der Waals surface area contributed by atoms with Gasteiger partial charge >= 0.3 is 24.4 Å². The second kappa shape index (κ2) is 25.3. The zero-order valence-electron chi connectivity index (χ0n) is 42.0. The van der Waals surface area contributed by atoms with E-state index in [1.807, 2.05) is 30.3 Å². The molecule has 4 atom stereocenters. The van der Waals surface area contributed by atoms with Gasteiger partial charge in [-0.2, -0.15) is 0 Å². The molecule has 0 aromatic heterocycles. The van der Waals surface area contributed by atoms with Gasteiger partial charge in [-0.3, -0.25) is 20.2 Å². The van der Waals surface area contributed by atoms with Crippen LogP contribution in [0.3, 0.4) is 0 Å². The van der Waals surface area contributed by atoms with E-state index in [2.05, 4.69) is 41.9 Å². The van der Waals surface area contributed by atoms with Crippen molar-refractivity contribution in [3.8, 4) is 5.75 Å². The van der Waals surface area contributed by atoms with Crippen molar-refractivity contribution in [2.24, 2.45) is 9.98 Å². The van der Waals surface area contributed by atoms with E-state index in [1.165, 1.54) is 18.4 Å². The first-order valence-electron chi connectivity index (χ1n) is 22.0. The molecule has 0 aliphatic heterocycles. The molecule has 0 aliphatic rings. The highest BCUT2D eigenvalue weighted by atomic mass is 32.2. The lowest BCUT2D eigenvalue weighted by atomic mass is 9.95. The van der Waals surface area contributed by atoms with Crippen molar-refractivity contribution in [2.75, 3.05) is 18.6 Å². The summed E-state index contributed by atoms with van der Waals surface area (Å²) < 4.78 is 34.0. The molecule has 0 spiro atoms. The van der Waals surface area contributed by atoms with Crippen LogP contribution >= 0.6 is 0 Å². The Balaban J connectivity index is 2.63. The predicted octanol–water partition coefficient (Wildman–Crippen LogP) is 5.71. The van der Waals surface area contributed by atoms with Gasteiger partial charge in [0.25, 0.3) is 0 Å². The number of phenolic OH excluding ortho intramolecular Hbond substituents is 1. The van der Waals surface area contributed by atoms with Gasteiger partial charge in [-0.1, -0.05) is 41.5 Å². The van der Waals surface area contributed by atoms with Crippen molar-refractivity contribution in [3.05, 3.63) is 64.7 Å². The topological polar surface area (TPSA) is 280 Å². The second-order valence-electron chi connectivity index (χ2n) is 20.0. The minimum atomic E-state index is -1.41. The van der Waals surface area contributed by atoms with Crippen molar-refractivity contribution in [1.29, 1.82) is 0 Å². The summed E-state index contributed by atoms with van der Waals surface area (Å²) in [6.07, 6.45) is -2.59. The molecule has 68 heavy (non-hydrogen) atoms. The maximum atomic E-state index is 14.6. The Kier molecular flexibility index (Phi) is 21.6. The lowest BCUT2D eigenvalue weighted by Crippen LogP contribution is -2.58. The Morgan fingerprint density at radius 3 is 1.54 bits per heavy atom. The van der Waals surface area contributed by atoms with Gasteiger partial charge in [0, 0.05) is 19.4 Å². The molecule has 0 bridgehead atoms. The minimum Gasteiger partial charge on any atom is -0.617 e. The number of carbonyl (C=O) groups is 6. The highest BCUT2D eigenvalue weighted by Crippen LogP contribution is 2.23. The zero-order valence-corrected chi connectivity index (χ0v) is 42.9. The van der Waals surface area contributed by atoms with Crippen LogP contribution < -0.4 is 31.9 Å². The van der Waals surface area contributed by atoms with E-state index in [-0.39, 0.29) is 43.3 Å². The van der Waals surface area contributed by atoms with Gasteiger partial charge in [0.2, 0.25) is 23.7 Å². The van der Waals surface area contributed by atoms with Gasteiger partial charge in [-0.25, -0.2) is 19.2 Å². The number of hydrogen-bond donors (Lipinski definition) is 7. The molecule has 0 aliphatic carbocycles. The summed E-state index contributed by atoms with van der Waals surface area (Å²) >= 11 is -1.41. The van der Waals surface area contributed by atoms with Crippen LogP contribution in [0.4, 0.5) is 19.2 Å². The molecule has 6 amide bonds. The summed E-state index contributed by atoms with van der Waals surface area (Å²) in [5, 5.41) is 26.6. The third-order valence-corrected chi connectivity index (χ3v) is 9.47. The van der Waals surface area contributed by atoms with E-state index in [9.17, 15) is 38.4 Å². The lowest BCUT2D eigenvalue weighted by Gasteiger charge is -2.27. The van der Waals surface area contributed by atoms with E-state index >= 15 is 0 Å². The summed E-state index contributed by atoms with van der Waals surface area (Å²) in [5.41, 5.74) is -1.14. The van der Waals surface area contributed by atoms with Crippen LogP contribution in [0.15, 0.2) is 52.4 Å². The van der Waals surface area contributed by atoms with Crippen LogP contribution in [0, 0.1) is 13.8 Å². The van der Waals surface area contributed by atoms with Crippen molar-refractivity contribution < 1.29 is 57.4 Å². The number of benzene rings is 2. The van der Waals surface area contributed by atoms with Crippen LogP contribution in [-0.2, 0) is 52.6 Å². The number of nitrogens with one attached hydrogen (secondary N) is 6. The SMILES string of the molecule is Cc1cc(O)cc(C)c1C[C@H](N/C(=N/C(=O)OC(C)(C)C)NC(=O)OC(C)(C)C)C(=O)N[C@H](CC[S+](C)[O-])C(=O)NC[C@H](Cc1ccccc1)N/C(=N/C(=O)OC(C)(C)C)NC(=O)OC(C)(C)C. The number of aliphatic imine (C=N–C) groups is 2. The fraction of sp³-hybridized carbons (Fsp3) is 0.574. The minimum absolute atomic E-state index is 0.00358. The molecule has 0 saturated heterocycles. The summed E-state index contributed by atoms with van der Waals surface area (Å²) in [5.74, 6) is -2.33. The molecule has 2 aromatic carbocycles. The van der Waals surface area contributed by atoms with Crippen LogP contribution in [0.1, 0.15) is 112 Å². The highest BCUT2D eigenvalue weighted by molar-refractivity contribution is 7.90. The van der Waals surface area contributed by atoms with Crippen molar-refractivity contribution in [3.63, 3.8) is 0 Å². The predicted molar refractivity (Wildman–Crippen MR) is 260 cm³/mol. The molecule has 7 N–H and O–H groups in total. The van der Waals surface area contributed by atoms with Crippen molar-refractivity contribution in [1.82, 2.24) is 31.9 Å². The quantitative estimate of drug-likeness (QED) is 0.0517. The molecule has 21 heteroatoms. The molecular formula is C47H72N8O12S. The Morgan fingerprint density at radius 1 is 0.647 bits per heavy atom. The van der Waals surface area contributed by atoms with Gasteiger partial charge in [0.15, 0.2) is 0 Å². The highest BCUT2D eigenvalue weighted by Gasteiger charge is 2.31. The van der Waals surface area contributed by atoms with Gasteiger partial charge in [-0.15, -0.1) is 9.98 Å². The smallest absolute Gasteiger partial charge is 0.437 e. The van der Waals surface area contributed by atoms with Gasteiger partial charge in [-0.05, 0) is 138 Å². The fourth-order valence-corrected chi connectivity index (χ4v) is 6.62. The molecule has 0 heterocycles. The fourth-order valence-electron chi connectivity index (χ4n) is 6.05. The molecular weight excluding hydrogens is 901 g/mol. The number of ether oxygens (including phenoxy) is 4. The molecule has 2 aromatic rings. The Morgan fingerprint density at radius 2 is 1.10 bits per heavy atom. The first-order chi connectivity index (χ1) is 31.2. The third-order valence-electron chi connectivity index (χ3n) is 8.66. The van der Waals surface area contributed by atoms with Crippen molar-refractivity contribution >= 4 is 59.3 Å². The number of alkyl carbamates (subject to hydrolysis) is 2. The Bertz CT molecular complexity index is 2100. The molecule has 1 unspecified atom stereocenters. The lowest BCUT2D eigenvalue weighted by molar-refractivity contribution is -0.130. The van der Waals surface area contributed by atoms with Crippen LogP contribution in [0.2, 0.25) is 0 Å². The molecule has 20 nitrogen and oxygen atoms in total. The Labute approximate surface area is 403 Å². The van der Waals surface area contributed by atoms with E-state index in [0.717, 1.165) is 5.56 Å². The first-order valence-corrected chi connectivity index (χ1v) is 23.8. The Hall–Kier alpha value is -6.09. The molecule has 2 rings (SSSR count). The first kappa shape index (κ1) is 58.0. The zero-order chi connectivity index (χ0) is 51.8. The molecule has 0 radical (unpaired) electrons. The van der Waals surface area contributed by atoms with Crippen LogP contribution in [0.5, 0.6) is 5.75 Å². The number of nitrogens with zero attached hydrogens (tertiary/aromatic N) is 2. The summed E-state index contributed by atoms with van der Waals surface area (Å²) in [4.78, 5) is 88.6. The number of hydrogen-bond acceptors (Lipinski definition) is 12. The summed E-state index contributed by atoms with van der Waals surface area (Å²) in [6, 6.07) is 8.69. The van der Waals surface area contributed by atoms with Gasteiger partial charge in [0.1, 0.15) is 46.0 Å². The van der Waals surface area contributed by atoms with Crippen LogP contribution in [-0.4, -0.2) is 117 Å². The monoisotopic (exact) mass is 972 g/mol. The number of carbonyl (C=O) groups excluding carboxylic acids is 6. The number of phenols is 1. The van der Waals surface area contributed by atoms with Crippen molar-refractivity contribution in [2.45, 2.75) is 157 Å². The normalized spacial score (nSPS) is 14.2. The van der Waals surface area contributed by atoms with E-state index in [1.54, 1.807) is 96.9 Å². The molecule has 0 saturated carbocycles. The standard InChI is InChI=1S/C47H72N8O12S/c1-28-23-32(56)24-29(2)33(28)26-35(51-39(54-42(61)66-46(9,10)11)55-43(62)67-47(12,13)14)37(58)50-34(21-22-68(15)63)36(57)48-27-31(25-30-19-17-16-18-20-30)49-38(52-40(59)64-44(3,4)5)53-41(60)65-45(6,7)8/h16-20,23-24,31,34-35,56H,21-22,25-27H2,1-15H3,(H,48,57)(H,50,58)(H2,49,52,53,59,60)(H2,51,54,55,61,62)/t31-,34+,35-,68?/m0/s1. The largest absolute Gasteiger partial charge is 0.617 e. The maximum absolute atomic E-state index is 14.6. The number of amides is 6. The van der Waals surface area contributed by atoms with Gasteiger partial charge in [0.05, 0.1) is 12.3 Å². The van der Waals surface area contributed by atoms with E-state index in [4.69, 9.17) is 18.9 Å². The second-order valence-corrected chi connectivity index (χ2v) is 21.6. The number of aryl methyl sites for hydroxylation is 2. The number of aromatic hydroxyl groups is 1. The number of guanidine groups is 2. The summed E-state index contributed by atoms with van der Waals surface area (Å²) in [7, 11) is 0.